The van der Waals surface area contributed by atoms with Crippen LogP contribution in [0.2, 0.25) is 0 Å². The van der Waals surface area contributed by atoms with Crippen LogP contribution in [0.25, 0.3) is 0 Å². The molecule has 0 radical (unpaired) electrons. The van der Waals surface area contributed by atoms with Crippen LogP contribution in [-0.2, 0) is 14.4 Å². The lowest BCUT2D eigenvalue weighted by atomic mass is 9.94. The Morgan fingerprint density at radius 3 is 2.40 bits per heavy atom. The van der Waals surface area contributed by atoms with Gasteiger partial charge in [-0.15, -0.1) is 6.42 Å². The highest BCUT2D eigenvalue weighted by Crippen LogP contribution is 2.13. The number of nitrogens with two attached hydrogens (primary N) is 2. The Labute approximate surface area is 246 Å². The third kappa shape index (κ3) is 16.8. The van der Waals surface area contributed by atoms with Crippen LogP contribution >= 0.6 is 0 Å². The Balaban J connectivity index is 2.92. The maximum absolute atomic E-state index is 13.3. The van der Waals surface area contributed by atoms with E-state index in [1.54, 1.807) is 25.2 Å². The summed E-state index contributed by atoms with van der Waals surface area (Å²) in [5.41, 5.74) is 10.7. The Morgan fingerprint density at radius 2 is 1.74 bits per heavy atom. The van der Waals surface area contributed by atoms with E-state index in [-0.39, 0.29) is 42.9 Å². The van der Waals surface area contributed by atoms with Crippen molar-refractivity contribution in [2.75, 3.05) is 13.1 Å². The Bertz CT molecular complexity index is 1460. The number of hydrogen-bond acceptors (Lipinski definition) is 5. The van der Waals surface area contributed by atoms with Gasteiger partial charge in [0, 0.05) is 67.3 Å². The molecular weight excluding hydrogens is 534 g/mol. The van der Waals surface area contributed by atoms with Crippen LogP contribution in [-0.4, -0.2) is 54.8 Å². The Kier molecular flexibility index (Phi) is 16.9. The monoisotopic (exact) mass is 565 g/mol. The number of aliphatic imine (C=N–C) groups is 1. The zero-order chi connectivity index (χ0) is 31.0. The lowest BCUT2D eigenvalue weighted by molar-refractivity contribution is -0.129. The zero-order valence-corrected chi connectivity index (χ0v) is 23.1. The first kappa shape index (κ1) is 34.0. The van der Waals surface area contributed by atoms with Crippen molar-refractivity contribution in [1.29, 1.82) is 0 Å². The second-order valence-corrected chi connectivity index (χ2v) is 8.44. The summed E-state index contributed by atoms with van der Waals surface area (Å²) in [5, 5.41) is 10.4. The quantitative estimate of drug-likeness (QED) is 0.0550. The summed E-state index contributed by atoms with van der Waals surface area (Å²) >= 11 is 0. The molecule has 0 aromatic rings. The zero-order valence-electron chi connectivity index (χ0n) is 23.1. The summed E-state index contributed by atoms with van der Waals surface area (Å²) in [5.74, 6) is 21.9. The van der Waals surface area contributed by atoms with Gasteiger partial charge in [0.15, 0.2) is 11.7 Å². The molecule has 11 heteroatoms. The number of terminal acetylenes is 1. The number of nitrogens with zero attached hydrogens (tertiary/aromatic N) is 1. The maximum atomic E-state index is 13.3. The van der Waals surface area contributed by atoms with Gasteiger partial charge < -0.3 is 27.4 Å². The SMILES string of the molecule is C#CC#CC#CC#CC#CC#CNC(=O)NC(CCCN=C(N)N)C(=O)C[C@H]1/C=C/CCNC(=O)/C=C/[C@H](C)NC1=O. The van der Waals surface area contributed by atoms with E-state index in [1.165, 1.54) is 6.08 Å². The number of hydrogen-bond donors (Lipinski definition) is 6. The summed E-state index contributed by atoms with van der Waals surface area (Å²) in [4.78, 5) is 54.3. The Hall–Kier alpha value is -6.01. The number of nitrogens with one attached hydrogen (secondary N) is 4. The molecule has 0 bridgehead atoms. The van der Waals surface area contributed by atoms with Crippen LogP contribution in [0.5, 0.6) is 0 Å². The fourth-order valence-electron chi connectivity index (χ4n) is 3.20. The normalized spacial score (nSPS) is 17.5. The van der Waals surface area contributed by atoms with E-state index >= 15 is 0 Å². The second-order valence-electron chi connectivity index (χ2n) is 8.44. The minimum Gasteiger partial charge on any atom is -0.370 e. The lowest BCUT2D eigenvalue weighted by Crippen LogP contribution is -2.46. The fourth-order valence-corrected chi connectivity index (χ4v) is 3.20. The number of guanidine groups is 1. The third-order valence-electron chi connectivity index (χ3n) is 5.09. The molecular formula is C31H31N7O4. The van der Waals surface area contributed by atoms with E-state index in [0.29, 0.717) is 19.4 Å². The molecule has 1 unspecified atom stereocenters. The van der Waals surface area contributed by atoms with Crippen LogP contribution in [0.4, 0.5) is 4.79 Å². The van der Waals surface area contributed by atoms with Gasteiger partial charge in [-0.25, -0.2) is 4.79 Å². The van der Waals surface area contributed by atoms with Gasteiger partial charge in [-0.05, 0) is 55.8 Å². The van der Waals surface area contributed by atoms with E-state index < -0.39 is 24.0 Å². The molecule has 0 aromatic carbocycles. The number of Topliss-reactive ketones (excluding diaryl/α,β-unsaturated/α-hetero) is 1. The minimum absolute atomic E-state index is 0.0938. The van der Waals surface area contributed by atoms with Gasteiger partial charge in [0.25, 0.3) is 0 Å². The van der Waals surface area contributed by atoms with E-state index in [9.17, 15) is 19.2 Å². The topological polar surface area (TPSA) is 181 Å². The summed E-state index contributed by atoms with van der Waals surface area (Å²) in [6, 6.07) is 0.226. The molecule has 8 N–H and O–H groups in total. The van der Waals surface area contributed by atoms with E-state index in [1.807, 2.05) is 0 Å². The number of rotatable bonds is 8. The average Bonchev–Trinajstić information content (AvgIpc) is 2.94. The molecule has 0 fully saturated rings. The van der Waals surface area contributed by atoms with Crippen molar-refractivity contribution in [2.45, 2.75) is 44.7 Å². The van der Waals surface area contributed by atoms with E-state index in [4.69, 9.17) is 17.9 Å². The molecule has 1 heterocycles. The van der Waals surface area contributed by atoms with Crippen molar-refractivity contribution in [3.63, 3.8) is 0 Å². The van der Waals surface area contributed by atoms with Gasteiger partial charge in [-0.3, -0.25) is 24.7 Å². The first-order valence-electron chi connectivity index (χ1n) is 12.8. The van der Waals surface area contributed by atoms with Crippen LogP contribution < -0.4 is 32.7 Å². The lowest BCUT2D eigenvalue weighted by Gasteiger charge is -2.21. The van der Waals surface area contributed by atoms with Gasteiger partial charge in [0.05, 0.1) is 12.0 Å². The summed E-state index contributed by atoms with van der Waals surface area (Å²) in [6.07, 6.45) is 12.1. The Morgan fingerprint density at radius 1 is 1.07 bits per heavy atom. The minimum atomic E-state index is -0.951. The second kappa shape index (κ2) is 20.9. The van der Waals surface area contributed by atoms with Crippen molar-refractivity contribution >= 4 is 29.6 Å². The summed E-state index contributed by atoms with van der Waals surface area (Å²) in [6.45, 7) is 2.32. The van der Waals surface area contributed by atoms with Crippen molar-refractivity contribution < 1.29 is 19.2 Å². The molecule has 214 valence electrons. The number of amides is 4. The molecule has 42 heavy (non-hydrogen) atoms. The molecule has 11 nitrogen and oxygen atoms in total. The molecule has 0 saturated heterocycles. The summed E-state index contributed by atoms with van der Waals surface area (Å²) < 4.78 is 0. The largest absolute Gasteiger partial charge is 0.370 e. The first-order valence-corrected chi connectivity index (χ1v) is 12.8. The van der Waals surface area contributed by atoms with E-state index in [0.717, 1.165) is 0 Å². The van der Waals surface area contributed by atoms with Crippen LogP contribution in [0.1, 0.15) is 32.6 Å². The predicted molar refractivity (Wildman–Crippen MR) is 160 cm³/mol. The van der Waals surface area contributed by atoms with Gasteiger partial charge in [0.1, 0.15) is 0 Å². The molecule has 0 spiro atoms. The number of urea groups is 1. The van der Waals surface area contributed by atoms with Gasteiger partial charge >= 0.3 is 6.03 Å². The first-order chi connectivity index (χ1) is 20.2. The fraction of sp³-hybridized carbons (Fsp3) is 0.323. The number of carbonyl (C=O) groups excluding carboxylic acids is 4. The molecule has 1 aliphatic rings. The predicted octanol–water partition coefficient (Wildman–Crippen LogP) is -0.972. The molecule has 3 atom stereocenters. The van der Waals surface area contributed by atoms with Crippen molar-refractivity contribution in [3.8, 4) is 71.7 Å². The van der Waals surface area contributed by atoms with E-state index in [2.05, 4.69) is 91.5 Å². The molecule has 1 rings (SSSR count). The van der Waals surface area contributed by atoms with Gasteiger partial charge in [0.2, 0.25) is 11.8 Å². The summed E-state index contributed by atoms with van der Waals surface area (Å²) in [7, 11) is 0. The van der Waals surface area contributed by atoms with Crippen molar-refractivity contribution in [3.05, 3.63) is 24.3 Å². The third-order valence-corrected chi connectivity index (χ3v) is 5.09. The van der Waals surface area contributed by atoms with Crippen molar-refractivity contribution in [1.82, 2.24) is 21.3 Å². The number of ketones is 1. The standard InChI is InChI=1S/C31H31N7O4/c1-3-4-5-6-7-8-9-10-11-13-21-36-31(42)38-26(17-15-22-35-30(32)33)27(39)23-25-16-12-14-20-34-28(40)19-18-24(2)37-29(25)41/h1,12,16,18-19,24-26H,14-15,17,20,22-23H2,2H3,(H,34,40)(H,37,41)(H4,32,33,35)(H2,36,38,42)/b16-12+,19-18+/t24-,25+,26?/m0/s1. The van der Waals surface area contributed by atoms with Gasteiger partial charge in [-0.1, -0.05) is 18.2 Å². The van der Waals surface area contributed by atoms with Crippen molar-refractivity contribution in [2.24, 2.45) is 22.4 Å². The van der Waals surface area contributed by atoms with Crippen LogP contribution in [0.15, 0.2) is 29.3 Å². The smallest absolute Gasteiger partial charge is 0.327 e. The molecule has 0 saturated carbocycles. The number of carbonyl (C=O) groups is 4. The van der Waals surface area contributed by atoms with Gasteiger partial charge in [-0.2, -0.15) is 0 Å². The van der Waals surface area contributed by atoms with Crippen LogP contribution in [0, 0.1) is 77.6 Å². The molecule has 0 aliphatic carbocycles. The molecule has 4 amide bonds. The maximum Gasteiger partial charge on any atom is 0.327 e. The average molecular weight is 566 g/mol. The molecule has 0 aromatic heterocycles. The molecule has 1 aliphatic heterocycles. The highest BCUT2D eigenvalue weighted by Gasteiger charge is 2.26. The van der Waals surface area contributed by atoms with Crippen LogP contribution in [0.3, 0.4) is 0 Å². The highest BCUT2D eigenvalue weighted by atomic mass is 16.2. The highest BCUT2D eigenvalue weighted by molar-refractivity contribution is 5.93.